The zero-order chi connectivity index (χ0) is 17.6. The van der Waals surface area contributed by atoms with Crippen LogP contribution in [0.25, 0.3) is 0 Å². The Morgan fingerprint density at radius 1 is 1.32 bits per heavy atom. The Kier molecular flexibility index (Phi) is 4.03. The smallest absolute Gasteiger partial charge is 0.227 e. The Balaban J connectivity index is 1.86. The van der Waals surface area contributed by atoms with Gasteiger partial charge in [-0.2, -0.15) is 4.98 Å². The Morgan fingerprint density at radius 2 is 2.08 bits per heavy atom. The van der Waals surface area contributed by atoms with E-state index in [0.717, 1.165) is 29.0 Å². The number of anilines is 1. The molecule has 25 heavy (non-hydrogen) atoms. The lowest BCUT2D eigenvalue weighted by molar-refractivity contribution is -0.117. The molecule has 2 heterocycles. The molecule has 0 fully saturated rings. The maximum absolute atomic E-state index is 12.8. The summed E-state index contributed by atoms with van der Waals surface area (Å²) in [5.41, 5.74) is 2.65. The predicted octanol–water partition coefficient (Wildman–Crippen LogP) is 3.36. The third-order valence-corrected chi connectivity index (χ3v) is 5.31. The predicted molar refractivity (Wildman–Crippen MR) is 96.7 cm³/mol. The Hall–Kier alpha value is -2.28. The van der Waals surface area contributed by atoms with Crippen LogP contribution in [0, 0.1) is 5.92 Å². The number of allylic oxidation sites excluding steroid dienone is 2. The summed E-state index contributed by atoms with van der Waals surface area (Å²) < 4.78 is 1.80. The number of Topliss-reactive ketones (excluding diaryl/α,β-unsaturated/α-hetero) is 1. The Bertz CT molecular complexity index is 856. The minimum absolute atomic E-state index is 0.158. The molecule has 0 bridgehead atoms. The van der Waals surface area contributed by atoms with E-state index in [4.69, 9.17) is 0 Å². The van der Waals surface area contributed by atoms with Gasteiger partial charge in [-0.15, -0.1) is 5.10 Å². The molecule has 2 N–H and O–H groups in total. The van der Waals surface area contributed by atoms with Gasteiger partial charge in [0.1, 0.15) is 11.8 Å². The molecule has 0 saturated heterocycles. The average molecular weight is 356 g/mol. The summed E-state index contributed by atoms with van der Waals surface area (Å²) in [5.74, 6) is 2.24. The van der Waals surface area contributed by atoms with Crippen molar-refractivity contribution in [3.05, 3.63) is 41.1 Å². The van der Waals surface area contributed by atoms with Gasteiger partial charge in [-0.05, 0) is 35.8 Å². The molecular formula is C18H20N4O2S. The molecule has 1 aliphatic carbocycles. The van der Waals surface area contributed by atoms with Crippen LogP contribution in [0.1, 0.15) is 38.3 Å². The van der Waals surface area contributed by atoms with Crippen molar-refractivity contribution in [3.8, 4) is 5.75 Å². The molecule has 4 rings (SSSR count). The number of nitrogens with zero attached hydrogens (tertiary/aromatic N) is 3. The van der Waals surface area contributed by atoms with Crippen LogP contribution < -0.4 is 5.32 Å². The highest BCUT2D eigenvalue weighted by Gasteiger charge is 2.38. The number of phenols is 1. The van der Waals surface area contributed by atoms with Crippen LogP contribution in [0.2, 0.25) is 0 Å². The molecule has 2 aromatic rings. The second kappa shape index (κ2) is 6.22. The summed E-state index contributed by atoms with van der Waals surface area (Å²) >= 11 is 1.58. The van der Waals surface area contributed by atoms with Gasteiger partial charge in [0.2, 0.25) is 11.1 Å². The quantitative estimate of drug-likeness (QED) is 0.821. The number of carbonyl (C=O) groups excluding carboxylic acids is 1. The number of aromatic nitrogens is 3. The normalized spacial score (nSPS) is 22.4. The zero-order valence-electron chi connectivity index (χ0n) is 14.2. The number of fused-ring (bicyclic) bond motifs is 1. The SMILES string of the molecule is CCSc1nc2n(n1)[C@@H](c1ccc(O)cc1)C1=C(C[C@@H](C)CC1=O)N2. The first kappa shape index (κ1) is 16.2. The van der Waals surface area contributed by atoms with E-state index in [-0.39, 0.29) is 17.6 Å². The lowest BCUT2D eigenvalue weighted by Gasteiger charge is -2.34. The third kappa shape index (κ3) is 2.82. The number of rotatable bonds is 3. The summed E-state index contributed by atoms with van der Waals surface area (Å²) in [6, 6.07) is 6.68. The first-order valence-corrected chi connectivity index (χ1v) is 9.47. The minimum Gasteiger partial charge on any atom is -0.508 e. The lowest BCUT2D eigenvalue weighted by atomic mass is 9.81. The second-order valence-electron chi connectivity index (χ2n) is 6.54. The molecule has 0 amide bonds. The van der Waals surface area contributed by atoms with Gasteiger partial charge < -0.3 is 10.4 Å². The van der Waals surface area contributed by atoms with Crippen molar-refractivity contribution >= 4 is 23.5 Å². The largest absolute Gasteiger partial charge is 0.508 e. The summed E-state index contributed by atoms with van der Waals surface area (Å²) in [4.78, 5) is 17.4. The molecule has 130 valence electrons. The number of carbonyl (C=O) groups is 1. The average Bonchev–Trinajstić information content (AvgIpc) is 2.96. The standard InChI is InChI=1S/C18H20N4O2S/c1-3-25-18-20-17-19-13-8-10(2)9-14(24)15(13)16(22(17)21-18)11-4-6-12(23)7-5-11/h4-7,10,16,23H,3,8-9H2,1-2H3,(H,19,20,21)/t10-,16+/m1/s1. The van der Waals surface area contributed by atoms with Crippen molar-refractivity contribution in [2.45, 2.75) is 37.9 Å². The number of hydrogen-bond acceptors (Lipinski definition) is 6. The van der Waals surface area contributed by atoms with E-state index in [1.807, 2.05) is 12.1 Å². The van der Waals surface area contributed by atoms with Crippen molar-refractivity contribution in [3.63, 3.8) is 0 Å². The van der Waals surface area contributed by atoms with Gasteiger partial charge in [0, 0.05) is 17.7 Å². The van der Waals surface area contributed by atoms with Crippen molar-refractivity contribution in [2.75, 3.05) is 11.1 Å². The van der Waals surface area contributed by atoms with Crippen molar-refractivity contribution in [1.29, 1.82) is 0 Å². The first-order valence-electron chi connectivity index (χ1n) is 8.48. The molecule has 0 radical (unpaired) electrons. The highest BCUT2D eigenvalue weighted by molar-refractivity contribution is 7.99. The molecular weight excluding hydrogens is 336 g/mol. The first-order chi connectivity index (χ1) is 12.1. The van der Waals surface area contributed by atoms with Crippen molar-refractivity contribution in [1.82, 2.24) is 14.8 Å². The van der Waals surface area contributed by atoms with Crippen LogP contribution in [0.15, 0.2) is 40.7 Å². The Labute approximate surface area is 150 Å². The number of hydrogen-bond donors (Lipinski definition) is 2. The number of ketones is 1. The van der Waals surface area contributed by atoms with E-state index < -0.39 is 0 Å². The molecule has 2 atom stereocenters. The molecule has 0 unspecified atom stereocenters. The van der Waals surface area contributed by atoms with E-state index in [2.05, 4.69) is 29.2 Å². The molecule has 6 nitrogen and oxygen atoms in total. The fraction of sp³-hybridized carbons (Fsp3) is 0.389. The molecule has 0 spiro atoms. The molecule has 0 saturated carbocycles. The summed E-state index contributed by atoms with van der Waals surface area (Å²) in [6.45, 7) is 4.15. The molecule has 2 aliphatic rings. The van der Waals surface area contributed by atoms with Crippen LogP contribution in [-0.4, -0.2) is 31.4 Å². The number of thioether (sulfide) groups is 1. The minimum atomic E-state index is -0.300. The second-order valence-corrected chi connectivity index (χ2v) is 7.77. The van der Waals surface area contributed by atoms with Crippen LogP contribution >= 0.6 is 11.8 Å². The maximum atomic E-state index is 12.8. The van der Waals surface area contributed by atoms with Gasteiger partial charge >= 0.3 is 0 Å². The Morgan fingerprint density at radius 3 is 2.80 bits per heavy atom. The number of benzene rings is 1. The number of phenolic OH excluding ortho intramolecular Hbond substituents is 1. The van der Waals surface area contributed by atoms with E-state index in [9.17, 15) is 9.90 Å². The topological polar surface area (TPSA) is 80.0 Å². The summed E-state index contributed by atoms with van der Waals surface area (Å²) in [7, 11) is 0. The van der Waals surface area contributed by atoms with Crippen LogP contribution in [0.5, 0.6) is 5.75 Å². The van der Waals surface area contributed by atoms with Gasteiger partial charge in [-0.25, -0.2) is 4.68 Å². The van der Waals surface area contributed by atoms with Gasteiger partial charge in [-0.3, -0.25) is 4.79 Å². The van der Waals surface area contributed by atoms with Gasteiger partial charge in [0.25, 0.3) is 0 Å². The maximum Gasteiger partial charge on any atom is 0.227 e. The zero-order valence-corrected chi connectivity index (χ0v) is 15.0. The van der Waals surface area contributed by atoms with Crippen molar-refractivity contribution in [2.24, 2.45) is 5.92 Å². The lowest BCUT2D eigenvalue weighted by Crippen LogP contribution is -2.33. The van der Waals surface area contributed by atoms with E-state index in [0.29, 0.717) is 23.4 Å². The van der Waals surface area contributed by atoms with Crippen LogP contribution in [-0.2, 0) is 4.79 Å². The van der Waals surface area contributed by atoms with Crippen molar-refractivity contribution < 1.29 is 9.90 Å². The molecule has 1 aliphatic heterocycles. The molecule has 1 aromatic carbocycles. The van der Waals surface area contributed by atoms with Gasteiger partial charge in [0.15, 0.2) is 5.78 Å². The van der Waals surface area contributed by atoms with Crippen LogP contribution in [0.3, 0.4) is 0 Å². The summed E-state index contributed by atoms with van der Waals surface area (Å²) in [5, 5.41) is 18.3. The monoisotopic (exact) mass is 356 g/mol. The summed E-state index contributed by atoms with van der Waals surface area (Å²) in [6.07, 6.45) is 1.38. The van der Waals surface area contributed by atoms with E-state index in [1.54, 1.807) is 28.6 Å². The molecule has 7 heteroatoms. The molecule has 1 aromatic heterocycles. The van der Waals surface area contributed by atoms with Gasteiger partial charge in [-0.1, -0.05) is 37.7 Å². The van der Waals surface area contributed by atoms with Gasteiger partial charge in [0.05, 0.1) is 0 Å². The number of nitrogens with one attached hydrogen (secondary N) is 1. The van der Waals surface area contributed by atoms with Crippen LogP contribution in [0.4, 0.5) is 5.95 Å². The van der Waals surface area contributed by atoms with E-state index in [1.165, 1.54) is 0 Å². The highest BCUT2D eigenvalue weighted by Crippen LogP contribution is 2.42. The fourth-order valence-corrected chi connectivity index (χ4v) is 4.10. The highest BCUT2D eigenvalue weighted by atomic mass is 32.2. The van der Waals surface area contributed by atoms with E-state index >= 15 is 0 Å². The number of aromatic hydroxyl groups is 1. The third-order valence-electron chi connectivity index (χ3n) is 4.59. The fourth-order valence-electron chi connectivity index (χ4n) is 3.54.